The average molecular weight is 433 g/mol. The molecule has 3 rings (SSSR count). The van der Waals surface area contributed by atoms with Gasteiger partial charge in [-0.15, -0.1) is 0 Å². The number of amidine groups is 1. The molecule has 1 unspecified atom stereocenters. The van der Waals surface area contributed by atoms with Crippen molar-refractivity contribution < 1.29 is 13.5 Å². The number of hydrogen-bond donors (Lipinski definition) is 2. The normalized spacial score (nSPS) is 26.0. The topological polar surface area (TPSA) is 99.2 Å². The Hall–Kier alpha value is -1.00. The number of primary sulfonamides is 1. The van der Waals surface area contributed by atoms with Crippen molar-refractivity contribution in [3.05, 3.63) is 28.8 Å². The lowest BCUT2D eigenvalue weighted by atomic mass is 9.91. The molecule has 0 amide bonds. The third kappa shape index (κ3) is 4.22. The first-order chi connectivity index (χ1) is 12.6. The van der Waals surface area contributed by atoms with Crippen LogP contribution in [-0.2, 0) is 15.7 Å². The molecule has 3 N–H and O–H groups in total. The fourth-order valence-electron chi connectivity index (χ4n) is 3.70. The lowest BCUT2D eigenvalue weighted by Gasteiger charge is -2.42. The van der Waals surface area contributed by atoms with Crippen molar-refractivity contribution in [1.29, 1.82) is 0 Å². The maximum Gasteiger partial charge on any atom is 0.239 e. The number of benzene rings is 1. The molecular weight excluding hydrogens is 408 g/mol. The smallest absolute Gasteiger partial charge is 0.239 e. The van der Waals surface area contributed by atoms with Crippen LogP contribution in [0.1, 0.15) is 37.7 Å². The molecule has 1 saturated heterocycles. The van der Waals surface area contributed by atoms with Gasteiger partial charge in [-0.25, -0.2) is 13.6 Å². The number of hydrazone groups is 1. The Morgan fingerprint density at radius 1 is 1.33 bits per heavy atom. The molecule has 1 heterocycles. The van der Waals surface area contributed by atoms with Gasteiger partial charge in [0.15, 0.2) is 10.9 Å². The number of sulfonamides is 1. The molecule has 1 aliphatic heterocycles. The summed E-state index contributed by atoms with van der Waals surface area (Å²) in [5, 5.41) is 24.0. The first-order valence-electron chi connectivity index (χ1n) is 8.86. The Labute approximate surface area is 169 Å². The van der Waals surface area contributed by atoms with Gasteiger partial charge in [-0.05, 0) is 25.0 Å². The number of nitrogens with two attached hydrogens (primary N) is 1. The van der Waals surface area contributed by atoms with Gasteiger partial charge in [-0.2, -0.15) is 5.10 Å². The lowest BCUT2D eigenvalue weighted by Crippen LogP contribution is -2.51. The second-order valence-electron chi connectivity index (χ2n) is 7.19. The second-order valence-corrected chi connectivity index (χ2v) is 10.1. The molecule has 1 saturated carbocycles. The largest absolute Gasteiger partial charge is 0.366 e. The SMILES string of the molecule is CN(C)N=C1SCC(O)(c2ccc(Cl)c(S(N)(=O)=O)c2)N1C1CCCCC1. The van der Waals surface area contributed by atoms with E-state index < -0.39 is 15.7 Å². The van der Waals surface area contributed by atoms with Crippen molar-refractivity contribution in [1.82, 2.24) is 9.91 Å². The third-order valence-corrected chi connectivity index (χ3v) is 7.41. The Kier molecular flexibility index (Phi) is 5.98. The van der Waals surface area contributed by atoms with Crippen molar-refractivity contribution in [2.45, 2.75) is 48.8 Å². The van der Waals surface area contributed by atoms with Crippen LogP contribution in [0, 0.1) is 0 Å². The number of rotatable bonds is 4. The summed E-state index contributed by atoms with van der Waals surface area (Å²) in [5.41, 5.74) is -0.913. The van der Waals surface area contributed by atoms with Crippen LogP contribution in [0.5, 0.6) is 0 Å². The number of halogens is 1. The van der Waals surface area contributed by atoms with Crippen LogP contribution in [0.15, 0.2) is 28.2 Å². The van der Waals surface area contributed by atoms with Crippen LogP contribution < -0.4 is 5.14 Å². The first-order valence-corrected chi connectivity index (χ1v) is 11.8. The summed E-state index contributed by atoms with van der Waals surface area (Å²) in [6, 6.07) is 4.66. The van der Waals surface area contributed by atoms with Gasteiger partial charge in [0.2, 0.25) is 10.0 Å². The number of hydrogen-bond acceptors (Lipinski definition) is 6. The molecule has 1 atom stereocenters. The molecule has 2 aliphatic rings. The van der Waals surface area contributed by atoms with Gasteiger partial charge in [0.05, 0.1) is 10.8 Å². The monoisotopic (exact) mass is 432 g/mol. The van der Waals surface area contributed by atoms with Gasteiger partial charge in [0.1, 0.15) is 4.90 Å². The number of thioether (sulfide) groups is 1. The highest BCUT2D eigenvalue weighted by Crippen LogP contribution is 2.44. The summed E-state index contributed by atoms with van der Waals surface area (Å²) in [5.74, 6) is 0.349. The zero-order valence-electron chi connectivity index (χ0n) is 15.4. The summed E-state index contributed by atoms with van der Waals surface area (Å²) in [6.45, 7) is 0. The minimum atomic E-state index is -3.99. The van der Waals surface area contributed by atoms with E-state index in [1.54, 1.807) is 11.1 Å². The molecule has 0 aromatic heterocycles. The predicted octanol–water partition coefficient (Wildman–Crippen LogP) is 2.35. The summed E-state index contributed by atoms with van der Waals surface area (Å²) in [6.07, 6.45) is 5.31. The van der Waals surface area contributed by atoms with E-state index in [1.807, 2.05) is 19.0 Å². The van der Waals surface area contributed by atoms with Gasteiger partial charge < -0.3 is 15.0 Å². The fraction of sp³-hybridized carbons (Fsp3) is 0.588. The third-order valence-electron chi connectivity index (χ3n) is 4.93. The molecular formula is C17H25ClN4O3S2. The van der Waals surface area contributed by atoms with E-state index in [0.717, 1.165) is 30.9 Å². The maximum atomic E-state index is 11.9. The van der Waals surface area contributed by atoms with Crippen molar-refractivity contribution >= 4 is 38.6 Å². The average Bonchev–Trinajstić information content (AvgIpc) is 2.91. The highest BCUT2D eigenvalue weighted by Gasteiger charge is 2.48. The van der Waals surface area contributed by atoms with E-state index in [4.69, 9.17) is 16.7 Å². The molecule has 2 fully saturated rings. The van der Waals surface area contributed by atoms with E-state index in [9.17, 15) is 13.5 Å². The minimum Gasteiger partial charge on any atom is -0.366 e. The highest BCUT2D eigenvalue weighted by atomic mass is 35.5. The molecule has 150 valence electrons. The van der Waals surface area contributed by atoms with Gasteiger partial charge in [0, 0.05) is 25.7 Å². The van der Waals surface area contributed by atoms with Crippen LogP contribution in [0.25, 0.3) is 0 Å². The van der Waals surface area contributed by atoms with Crippen molar-refractivity contribution in [3.8, 4) is 0 Å². The van der Waals surface area contributed by atoms with Crippen LogP contribution >= 0.6 is 23.4 Å². The molecule has 1 aliphatic carbocycles. The van der Waals surface area contributed by atoms with Crippen molar-refractivity contribution in [2.75, 3.05) is 19.8 Å². The number of nitrogens with zero attached hydrogens (tertiary/aromatic N) is 3. The summed E-state index contributed by atoms with van der Waals surface area (Å²) < 4.78 is 23.8. The molecule has 0 spiro atoms. The van der Waals surface area contributed by atoms with Crippen LogP contribution in [0.3, 0.4) is 0 Å². The Morgan fingerprint density at radius 3 is 2.59 bits per heavy atom. The molecule has 0 radical (unpaired) electrons. The first kappa shape index (κ1) is 20.7. The Balaban J connectivity index is 2.09. The summed E-state index contributed by atoms with van der Waals surface area (Å²) in [7, 11) is -0.317. The van der Waals surface area contributed by atoms with Crippen LogP contribution in [-0.4, -0.2) is 54.5 Å². The van der Waals surface area contributed by atoms with E-state index in [2.05, 4.69) is 5.10 Å². The molecule has 10 heteroatoms. The molecule has 27 heavy (non-hydrogen) atoms. The van der Waals surface area contributed by atoms with Crippen molar-refractivity contribution in [3.63, 3.8) is 0 Å². The van der Waals surface area contributed by atoms with E-state index in [-0.39, 0.29) is 16.0 Å². The molecule has 1 aromatic rings. The Morgan fingerprint density at radius 2 is 2.00 bits per heavy atom. The molecule has 7 nitrogen and oxygen atoms in total. The van der Waals surface area contributed by atoms with Gasteiger partial charge in [0.25, 0.3) is 0 Å². The van der Waals surface area contributed by atoms with Crippen LogP contribution in [0.4, 0.5) is 0 Å². The van der Waals surface area contributed by atoms with E-state index >= 15 is 0 Å². The highest BCUT2D eigenvalue weighted by molar-refractivity contribution is 8.14. The predicted molar refractivity (Wildman–Crippen MR) is 109 cm³/mol. The zero-order valence-corrected chi connectivity index (χ0v) is 17.8. The van der Waals surface area contributed by atoms with E-state index in [1.165, 1.54) is 30.3 Å². The second kappa shape index (κ2) is 7.79. The minimum absolute atomic E-state index is 0.0434. The number of aliphatic hydroxyl groups is 1. The molecule has 0 bridgehead atoms. The Bertz CT molecular complexity index is 841. The van der Waals surface area contributed by atoms with Gasteiger partial charge in [-0.3, -0.25) is 0 Å². The van der Waals surface area contributed by atoms with E-state index in [0.29, 0.717) is 11.3 Å². The summed E-state index contributed by atoms with van der Waals surface area (Å²) >= 11 is 7.49. The standard InChI is InChI=1S/C17H25ClN4O3S2/c1-21(2)20-16-22(13-6-4-3-5-7-13)17(23,11-26-16)12-8-9-14(18)15(10-12)27(19,24)25/h8-10,13,23H,3-7,11H2,1-2H3,(H2,19,24,25). The van der Waals surface area contributed by atoms with Gasteiger partial charge in [-0.1, -0.05) is 48.7 Å². The molecule has 1 aromatic carbocycles. The zero-order chi connectivity index (χ0) is 19.8. The van der Waals surface area contributed by atoms with Crippen LogP contribution in [0.2, 0.25) is 5.02 Å². The summed E-state index contributed by atoms with van der Waals surface area (Å²) in [4.78, 5) is 1.77. The quantitative estimate of drug-likeness (QED) is 0.708. The van der Waals surface area contributed by atoms with Crippen molar-refractivity contribution in [2.24, 2.45) is 10.2 Å². The van der Waals surface area contributed by atoms with Gasteiger partial charge >= 0.3 is 0 Å². The fourth-order valence-corrected chi connectivity index (χ4v) is 6.07. The maximum absolute atomic E-state index is 11.9. The lowest BCUT2D eigenvalue weighted by molar-refractivity contribution is -0.0741.